The molecule has 1 aliphatic rings. The van der Waals surface area contributed by atoms with E-state index in [1.165, 1.54) is 11.1 Å². The van der Waals surface area contributed by atoms with Crippen molar-refractivity contribution >= 4 is 11.7 Å². The minimum atomic E-state index is -0.748. The Bertz CT molecular complexity index is 624. The summed E-state index contributed by atoms with van der Waals surface area (Å²) in [6, 6.07) is 18.9. The van der Waals surface area contributed by atoms with Crippen LogP contribution in [0.3, 0.4) is 0 Å². The molecule has 3 nitrogen and oxygen atoms in total. The van der Waals surface area contributed by atoms with Crippen molar-refractivity contribution in [2.45, 2.75) is 25.3 Å². The van der Waals surface area contributed by atoms with E-state index in [0.717, 1.165) is 18.5 Å². The summed E-state index contributed by atoms with van der Waals surface area (Å²) in [7, 11) is 0. The number of carboxylic acid groups (broad SMARTS) is 1. The van der Waals surface area contributed by atoms with Gasteiger partial charge in [0.25, 0.3) is 0 Å². The van der Waals surface area contributed by atoms with E-state index in [4.69, 9.17) is 5.11 Å². The lowest BCUT2D eigenvalue weighted by Crippen LogP contribution is -2.29. The van der Waals surface area contributed by atoms with Gasteiger partial charge in [-0.05, 0) is 36.1 Å². The molecule has 2 aromatic rings. The van der Waals surface area contributed by atoms with Gasteiger partial charge < -0.3 is 10.0 Å². The summed E-state index contributed by atoms with van der Waals surface area (Å²) in [4.78, 5) is 13.2. The first kappa shape index (κ1) is 13.7. The molecule has 0 heterocycles. The SMILES string of the molecule is O=C(O)CCN(c1ccccc1)C1CCc2ccccc21. The predicted octanol–water partition coefficient (Wildman–Crippen LogP) is 3.66. The van der Waals surface area contributed by atoms with Crippen LogP contribution in [0.1, 0.15) is 30.0 Å². The first-order chi connectivity index (χ1) is 10.3. The van der Waals surface area contributed by atoms with E-state index in [1.54, 1.807) is 0 Å². The topological polar surface area (TPSA) is 40.5 Å². The van der Waals surface area contributed by atoms with Crippen molar-refractivity contribution in [2.75, 3.05) is 11.4 Å². The van der Waals surface area contributed by atoms with Crippen molar-refractivity contribution < 1.29 is 9.90 Å². The van der Waals surface area contributed by atoms with Crippen LogP contribution < -0.4 is 4.90 Å². The van der Waals surface area contributed by atoms with E-state index < -0.39 is 5.97 Å². The Kier molecular flexibility index (Phi) is 3.91. The standard InChI is InChI=1S/C18H19NO2/c20-18(21)12-13-19(15-7-2-1-3-8-15)17-11-10-14-6-4-5-9-16(14)17/h1-9,17H,10-13H2,(H,20,21). The fourth-order valence-electron chi connectivity index (χ4n) is 3.16. The summed E-state index contributed by atoms with van der Waals surface area (Å²) in [5.41, 5.74) is 3.82. The van der Waals surface area contributed by atoms with Crippen LogP contribution in [-0.4, -0.2) is 17.6 Å². The molecule has 0 amide bonds. The van der Waals surface area contributed by atoms with Crippen molar-refractivity contribution in [3.8, 4) is 0 Å². The number of rotatable bonds is 5. The van der Waals surface area contributed by atoms with E-state index in [9.17, 15) is 4.79 Å². The number of fused-ring (bicyclic) bond motifs is 1. The Hall–Kier alpha value is -2.29. The molecule has 1 N–H and O–H groups in total. The number of para-hydroxylation sites is 1. The molecular formula is C18H19NO2. The maximum Gasteiger partial charge on any atom is 0.305 e. The molecule has 1 aliphatic carbocycles. The lowest BCUT2D eigenvalue weighted by molar-refractivity contribution is -0.136. The molecule has 3 heteroatoms. The number of carbonyl (C=O) groups is 1. The Morgan fingerprint density at radius 3 is 2.57 bits per heavy atom. The summed E-state index contributed by atoms with van der Waals surface area (Å²) in [6.45, 7) is 0.540. The zero-order chi connectivity index (χ0) is 14.7. The zero-order valence-corrected chi connectivity index (χ0v) is 11.9. The highest BCUT2D eigenvalue weighted by atomic mass is 16.4. The number of anilines is 1. The molecule has 0 fully saturated rings. The molecule has 0 spiro atoms. The van der Waals surface area contributed by atoms with Gasteiger partial charge in [-0.25, -0.2) is 0 Å². The van der Waals surface area contributed by atoms with E-state index in [1.807, 2.05) is 18.2 Å². The minimum absolute atomic E-state index is 0.160. The summed E-state index contributed by atoms with van der Waals surface area (Å²) in [5, 5.41) is 9.02. The van der Waals surface area contributed by atoms with Gasteiger partial charge in [0.2, 0.25) is 0 Å². The highest BCUT2D eigenvalue weighted by Gasteiger charge is 2.28. The smallest absolute Gasteiger partial charge is 0.305 e. The Morgan fingerprint density at radius 2 is 1.81 bits per heavy atom. The van der Waals surface area contributed by atoms with Crippen molar-refractivity contribution in [1.29, 1.82) is 0 Å². The van der Waals surface area contributed by atoms with E-state index >= 15 is 0 Å². The van der Waals surface area contributed by atoms with E-state index in [0.29, 0.717) is 6.54 Å². The van der Waals surface area contributed by atoms with Gasteiger partial charge in [-0.2, -0.15) is 0 Å². The molecule has 0 radical (unpaired) electrons. The van der Waals surface area contributed by atoms with E-state index in [2.05, 4.69) is 41.3 Å². The van der Waals surface area contributed by atoms with Crippen LogP contribution in [0.25, 0.3) is 0 Å². The highest BCUT2D eigenvalue weighted by Crippen LogP contribution is 2.38. The van der Waals surface area contributed by atoms with Crippen LogP contribution in [0.4, 0.5) is 5.69 Å². The van der Waals surface area contributed by atoms with Crippen LogP contribution in [-0.2, 0) is 11.2 Å². The number of aryl methyl sites for hydroxylation is 1. The van der Waals surface area contributed by atoms with Crippen LogP contribution >= 0.6 is 0 Å². The summed E-state index contributed by atoms with van der Waals surface area (Å²) < 4.78 is 0. The van der Waals surface area contributed by atoms with E-state index in [-0.39, 0.29) is 12.5 Å². The quantitative estimate of drug-likeness (QED) is 0.909. The summed E-state index contributed by atoms with van der Waals surface area (Å²) >= 11 is 0. The molecule has 3 rings (SSSR count). The number of aliphatic carboxylic acids is 1. The molecule has 0 bridgehead atoms. The van der Waals surface area contributed by atoms with Crippen LogP contribution in [0.5, 0.6) is 0 Å². The largest absolute Gasteiger partial charge is 0.481 e. The van der Waals surface area contributed by atoms with Crippen molar-refractivity contribution in [1.82, 2.24) is 0 Å². The molecule has 2 aromatic carbocycles. The second-order valence-corrected chi connectivity index (χ2v) is 5.43. The maximum atomic E-state index is 11.0. The zero-order valence-electron chi connectivity index (χ0n) is 11.9. The van der Waals surface area contributed by atoms with Crippen molar-refractivity contribution in [3.63, 3.8) is 0 Å². The molecule has 0 saturated carbocycles. The van der Waals surface area contributed by atoms with Gasteiger partial charge in [-0.15, -0.1) is 0 Å². The van der Waals surface area contributed by atoms with Gasteiger partial charge in [-0.3, -0.25) is 4.79 Å². The minimum Gasteiger partial charge on any atom is -0.481 e. The number of carboxylic acids is 1. The number of hydrogen-bond acceptors (Lipinski definition) is 2. The number of benzene rings is 2. The van der Waals surface area contributed by atoms with Crippen LogP contribution in [0, 0.1) is 0 Å². The fourth-order valence-corrected chi connectivity index (χ4v) is 3.16. The number of hydrogen-bond donors (Lipinski definition) is 1. The molecule has 0 saturated heterocycles. The molecule has 1 unspecified atom stereocenters. The highest BCUT2D eigenvalue weighted by molar-refractivity contribution is 5.68. The lowest BCUT2D eigenvalue weighted by Gasteiger charge is -2.31. The molecule has 1 atom stereocenters. The third kappa shape index (κ3) is 2.92. The molecule has 0 aromatic heterocycles. The first-order valence-corrected chi connectivity index (χ1v) is 7.37. The van der Waals surface area contributed by atoms with Gasteiger partial charge in [0.05, 0.1) is 12.5 Å². The van der Waals surface area contributed by atoms with Crippen molar-refractivity contribution in [3.05, 3.63) is 65.7 Å². The van der Waals surface area contributed by atoms with Gasteiger partial charge in [0.1, 0.15) is 0 Å². The molecule has 0 aliphatic heterocycles. The Balaban J connectivity index is 1.91. The average Bonchev–Trinajstić information content (AvgIpc) is 2.93. The third-order valence-electron chi connectivity index (χ3n) is 4.13. The van der Waals surface area contributed by atoms with Crippen molar-refractivity contribution in [2.24, 2.45) is 0 Å². The second kappa shape index (κ2) is 6.00. The normalized spacial score (nSPS) is 16.5. The van der Waals surface area contributed by atoms with Gasteiger partial charge in [-0.1, -0.05) is 42.5 Å². The Morgan fingerprint density at radius 1 is 1.10 bits per heavy atom. The molecule has 108 valence electrons. The fraction of sp³-hybridized carbons (Fsp3) is 0.278. The predicted molar refractivity (Wildman–Crippen MR) is 83.5 cm³/mol. The number of nitrogens with zero attached hydrogens (tertiary/aromatic N) is 1. The average molecular weight is 281 g/mol. The second-order valence-electron chi connectivity index (χ2n) is 5.43. The maximum absolute atomic E-state index is 11.0. The molecule has 21 heavy (non-hydrogen) atoms. The third-order valence-corrected chi connectivity index (χ3v) is 4.13. The van der Waals surface area contributed by atoms with Crippen LogP contribution in [0.15, 0.2) is 54.6 Å². The first-order valence-electron chi connectivity index (χ1n) is 7.37. The summed E-state index contributed by atoms with van der Waals surface area (Å²) in [5.74, 6) is -0.748. The monoisotopic (exact) mass is 281 g/mol. The molecular weight excluding hydrogens is 262 g/mol. The Labute approximate surface area is 124 Å². The summed E-state index contributed by atoms with van der Waals surface area (Å²) in [6.07, 6.45) is 2.28. The van der Waals surface area contributed by atoms with Gasteiger partial charge in [0, 0.05) is 12.2 Å². The van der Waals surface area contributed by atoms with Gasteiger partial charge >= 0.3 is 5.97 Å². The van der Waals surface area contributed by atoms with Gasteiger partial charge in [0.15, 0.2) is 0 Å². The lowest BCUT2D eigenvalue weighted by atomic mass is 10.1. The van der Waals surface area contributed by atoms with Crippen LogP contribution in [0.2, 0.25) is 0 Å².